The molecule has 696 valence electrons. The monoisotopic (exact) mass is 1830 g/mol. The van der Waals surface area contributed by atoms with Gasteiger partial charge in [0.25, 0.3) is 0 Å². The molecule has 0 saturated heterocycles. The van der Waals surface area contributed by atoms with Crippen LogP contribution in [-0.4, -0.2) is 404 Å². The number of benzene rings is 3. The van der Waals surface area contributed by atoms with Gasteiger partial charge in [-0.2, -0.15) is 0 Å². The second-order valence-corrected chi connectivity index (χ2v) is 25.3. The van der Waals surface area contributed by atoms with Crippen LogP contribution >= 0.6 is 0 Å². The molecular weight excluding hydrogens is 1690 g/mol. The van der Waals surface area contributed by atoms with E-state index in [-0.39, 0.29) is 275 Å². The fourth-order valence-electron chi connectivity index (χ4n) is 9.81. The third-order valence-electron chi connectivity index (χ3n) is 15.3. The fourth-order valence-corrected chi connectivity index (χ4v) is 9.81. The molecule has 0 aliphatic carbocycles. The molecular formula is C81H137MnN3Na2O36+5. The van der Waals surface area contributed by atoms with E-state index in [1.807, 2.05) is 0 Å². The Hall–Kier alpha value is -4.91. The molecule has 0 aromatic heterocycles. The first-order chi connectivity index (χ1) is 58.0. The number of carboxylic acid groups (broad SMARTS) is 4. The maximum atomic E-state index is 13.9. The molecule has 4 N–H and O–H groups in total. The van der Waals surface area contributed by atoms with Gasteiger partial charge in [0.15, 0.2) is 23.0 Å². The van der Waals surface area contributed by atoms with Crippen LogP contribution in [0.1, 0.15) is 44.4 Å². The SMILES string of the molecule is C.CCC.COCCOCCOCCOc1cc(COc2cc(COC(=O)CN(CCN(CCN(CC(=O)O)CC(=O)O)CC(=O)O)CC(=O)O)cc(OCc3cc(OCCOCCOCCOC)c(OCCOCCOCCOC)c(OCCOCCOCCOC)c3)c2)cc(OCCOCCOCCOC)c1OCCOCCOCCOC.[Mn+3].[Na+].[Na+]. The molecule has 3 aromatic rings. The number of aliphatic carboxylic acids is 4. The standard InChI is InChI=1S/C77H125N3O36.C3H8.CH4.Mn.2Na/c1-90-11-17-96-23-29-102-35-41-108-67-49-63(50-68(109-42-36-103-30-24-97-18-12-91-2)76(67)112-45-39-106-33-27-100-21-15-94-5)59-114-65-47-62(61-116-75(89)58-80(57-74(87)88)10-8-78(54-71(81)82)7-9-79(55-72(83)84)56-73(85)86)48-66(53-65)115-60-64-51-69(110-43-37-104-31-25-98-19-13-92-3)77(113-46-40-107-34-28-101-22-16-95-6)70(52-64)111-44-38-105-32-26-99-20-14-93-4;1-3-2;;;;/h47-53H,7-46,54-61H2,1-6H3,(H,81,82)(H,83,84)(H,85,86)(H,87,88);3H2,1-2H3;1H4;;;/q;;;+3;2*+1. The zero-order chi connectivity index (χ0) is 86.7. The summed E-state index contributed by atoms with van der Waals surface area (Å²) in [6.07, 6.45) is 1.25. The fraction of sp³-hybridized carbons (Fsp3) is 0.716. The zero-order valence-electron chi connectivity index (χ0n) is 73.3. The summed E-state index contributed by atoms with van der Waals surface area (Å²) < 4.78 is 156. The van der Waals surface area contributed by atoms with Crippen molar-refractivity contribution in [1.29, 1.82) is 0 Å². The molecule has 0 fully saturated rings. The number of carboxylic acids is 4. The van der Waals surface area contributed by atoms with E-state index in [1.54, 1.807) is 85.1 Å². The van der Waals surface area contributed by atoms with Gasteiger partial charge in [-0.1, -0.05) is 27.7 Å². The van der Waals surface area contributed by atoms with E-state index in [0.29, 0.717) is 149 Å². The molecule has 0 spiro atoms. The van der Waals surface area contributed by atoms with Crippen molar-refractivity contribution in [3.63, 3.8) is 0 Å². The van der Waals surface area contributed by atoms with Gasteiger partial charge in [-0.15, -0.1) is 0 Å². The normalized spacial score (nSPS) is 10.9. The van der Waals surface area contributed by atoms with E-state index in [2.05, 4.69) is 13.8 Å². The average molecular weight is 1830 g/mol. The molecule has 0 radical (unpaired) electrons. The number of esters is 1. The summed E-state index contributed by atoms with van der Waals surface area (Å²) in [5.74, 6) is -4.02. The van der Waals surface area contributed by atoms with E-state index >= 15 is 0 Å². The van der Waals surface area contributed by atoms with Crippen LogP contribution in [0.5, 0.6) is 46.0 Å². The smallest absolute Gasteiger partial charge is 0.489 e. The molecule has 0 atom stereocenters. The van der Waals surface area contributed by atoms with Gasteiger partial charge < -0.3 is 148 Å². The Labute approximate surface area is 779 Å². The first kappa shape index (κ1) is 122. The van der Waals surface area contributed by atoms with Gasteiger partial charge >= 0.3 is 106 Å². The Bertz CT molecular complexity index is 2800. The molecule has 0 aliphatic rings. The number of carbonyl (C=O) groups excluding carboxylic acids is 1. The van der Waals surface area contributed by atoms with Crippen molar-refractivity contribution in [3.05, 3.63) is 59.2 Å². The average Bonchev–Trinajstić information content (AvgIpc) is 0.821. The van der Waals surface area contributed by atoms with Crippen LogP contribution in [0.15, 0.2) is 42.5 Å². The Morgan fingerprint density at radius 1 is 0.268 bits per heavy atom. The van der Waals surface area contributed by atoms with Crippen molar-refractivity contribution >= 4 is 29.8 Å². The van der Waals surface area contributed by atoms with Crippen LogP contribution in [0.2, 0.25) is 0 Å². The molecule has 0 heterocycles. The van der Waals surface area contributed by atoms with Gasteiger partial charge in [-0.3, -0.25) is 38.7 Å². The van der Waals surface area contributed by atoms with Crippen molar-refractivity contribution in [2.45, 2.75) is 47.5 Å². The molecule has 3 rings (SSSR count). The molecule has 3 aromatic carbocycles. The van der Waals surface area contributed by atoms with E-state index in [4.69, 9.17) is 128 Å². The largest absolute Gasteiger partial charge is 3.00 e. The first-order valence-corrected chi connectivity index (χ1v) is 39.6. The quantitative estimate of drug-likeness (QED) is 0.0285. The number of hydrogen-bond acceptors (Lipinski definition) is 35. The van der Waals surface area contributed by atoms with Crippen molar-refractivity contribution in [2.75, 3.05) is 339 Å². The second kappa shape index (κ2) is 86.5. The van der Waals surface area contributed by atoms with E-state index in [1.165, 1.54) is 16.2 Å². The molecule has 123 heavy (non-hydrogen) atoms. The first-order valence-electron chi connectivity index (χ1n) is 39.6. The summed E-state index contributed by atoms with van der Waals surface area (Å²) >= 11 is 0. The predicted octanol–water partition coefficient (Wildman–Crippen LogP) is -1.46. The number of ether oxygens (including phenoxy) is 27. The molecule has 42 heteroatoms. The maximum Gasteiger partial charge on any atom is 3.00 e. The van der Waals surface area contributed by atoms with Crippen LogP contribution in [0.4, 0.5) is 0 Å². The molecule has 0 amide bonds. The number of methoxy groups -OCH3 is 6. The van der Waals surface area contributed by atoms with Crippen LogP contribution in [0, 0.1) is 0 Å². The zero-order valence-corrected chi connectivity index (χ0v) is 78.4. The van der Waals surface area contributed by atoms with Crippen LogP contribution in [0.3, 0.4) is 0 Å². The molecule has 0 unspecified atom stereocenters. The minimum atomic E-state index is -1.31. The second-order valence-electron chi connectivity index (χ2n) is 25.3. The topological polar surface area (TPSA) is 425 Å². The Kier molecular flexibility index (Phi) is 85.9. The van der Waals surface area contributed by atoms with Crippen molar-refractivity contribution in [3.8, 4) is 46.0 Å². The Balaban J connectivity index is -0.0000202. The van der Waals surface area contributed by atoms with Crippen LogP contribution < -0.4 is 97.0 Å². The third kappa shape index (κ3) is 68.8. The summed E-state index contributed by atoms with van der Waals surface area (Å²) in [5.41, 5.74) is 1.41. The predicted molar refractivity (Wildman–Crippen MR) is 434 cm³/mol. The Morgan fingerprint density at radius 3 is 0.715 bits per heavy atom. The minimum absolute atomic E-state index is 0. The van der Waals surface area contributed by atoms with Gasteiger partial charge in [-0.25, -0.2) is 0 Å². The number of carbonyl (C=O) groups is 5. The third-order valence-corrected chi connectivity index (χ3v) is 15.3. The van der Waals surface area contributed by atoms with Crippen molar-refractivity contribution in [1.82, 2.24) is 14.7 Å². The summed E-state index contributed by atoms with van der Waals surface area (Å²) in [6, 6.07) is 11.8. The van der Waals surface area contributed by atoms with Gasteiger partial charge in [0.2, 0.25) is 11.5 Å². The number of rotatable bonds is 84. The Morgan fingerprint density at radius 2 is 0.472 bits per heavy atom. The summed E-state index contributed by atoms with van der Waals surface area (Å²) in [5, 5.41) is 38.5. The van der Waals surface area contributed by atoms with E-state index < -0.39 is 69.2 Å². The van der Waals surface area contributed by atoms with E-state index in [9.17, 15) is 44.4 Å². The number of hydrogen-bond donors (Lipinski definition) is 4. The molecule has 0 saturated carbocycles. The maximum absolute atomic E-state index is 13.9. The minimum Gasteiger partial charge on any atom is -0.489 e. The summed E-state index contributed by atoms with van der Waals surface area (Å²) in [7, 11) is 9.52. The summed E-state index contributed by atoms with van der Waals surface area (Å²) in [6.45, 7) is 10.1. The van der Waals surface area contributed by atoms with Gasteiger partial charge in [-0.05, 0) is 53.1 Å². The summed E-state index contributed by atoms with van der Waals surface area (Å²) in [4.78, 5) is 64.9. The van der Waals surface area contributed by atoms with Crippen LogP contribution in [0.25, 0.3) is 0 Å². The van der Waals surface area contributed by atoms with Gasteiger partial charge in [0, 0.05) is 74.9 Å². The molecule has 39 nitrogen and oxygen atoms in total. The van der Waals surface area contributed by atoms with Crippen molar-refractivity contribution in [2.24, 2.45) is 0 Å². The molecule has 0 bridgehead atoms. The number of nitrogens with zero attached hydrogens (tertiary/aromatic N) is 3. The van der Waals surface area contributed by atoms with Gasteiger partial charge in [0.05, 0.1) is 231 Å². The van der Waals surface area contributed by atoms with Gasteiger partial charge in [0.1, 0.15) is 71.0 Å². The van der Waals surface area contributed by atoms with Crippen molar-refractivity contribution < 1.29 is 248 Å². The van der Waals surface area contributed by atoms with E-state index in [0.717, 1.165) is 4.90 Å². The molecule has 0 aliphatic heterocycles. The van der Waals surface area contributed by atoms with Crippen LogP contribution in [-0.2, 0) is 151 Å².